The van der Waals surface area contributed by atoms with E-state index in [1.54, 1.807) is 12.1 Å². The molecule has 0 fully saturated rings. The summed E-state index contributed by atoms with van der Waals surface area (Å²) in [5.41, 5.74) is -0.0958. The lowest BCUT2D eigenvalue weighted by molar-refractivity contribution is -0.119. The van der Waals surface area contributed by atoms with E-state index in [1.807, 2.05) is 0 Å². The SMILES string of the molecule is CCS(=O)(=O)c1ccccc1C(=O)OC(C)C(=O)c1ccc(CNC(C)=O)s1. The van der Waals surface area contributed by atoms with Crippen LogP contribution in [0, 0.1) is 0 Å². The third kappa shape index (κ3) is 5.26. The summed E-state index contributed by atoms with van der Waals surface area (Å²) in [6, 6.07) is 9.07. The maximum absolute atomic E-state index is 12.5. The van der Waals surface area contributed by atoms with Gasteiger partial charge in [-0.05, 0) is 31.2 Å². The number of hydrogen-bond donors (Lipinski definition) is 1. The van der Waals surface area contributed by atoms with Crippen LogP contribution in [0.5, 0.6) is 0 Å². The van der Waals surface area contributed by atoms with Crippen LogP contribution in [0.25, 0.3) is 0 Å². The average Bonchev–Trinajstić information content (AvgIpc) is 3.14. The summed E-state index contributed by atoms with van der Waals surface area (Å²) < 4.78 is 29.6. The predicted molar refractivity (Wildman–Crippen MR) is 105 cm³/mol. The first-order chi connectivity index (χ1) is 13.2. The van der Waals surface area contributed by atoms with Crippen molar-refractivity contribution in [3.63, 3.8) is 0 Å². The number of Topliss-reactive ketones (excluding diaryl/α,β-unsaturated/α-hetero) is 1. The van der Waals surface area contributed by atoms with Crippen molar-refractivity contribution in [2.24, 2.45) is 0 Å². The fourth-order valence-corrected chi connectivity index (χ4v) is 4.41. The Bertz CT molecular complexity index is 993. The minimum atomic E-state index is -3.61. The molecule has 7 nitrogen and oxygen atoms in total. The number of sulfone groups is 1. The molecule has 0 aliphatic rings. The molecule has 0 radical (unpaired) electrons. The van der Waals surface area contributed by atoms with Crippen LogP contribution in [0.1, 0.15) is 45.7 Å². The lowest BCUT2D eigenvalue weighted by atomic mass is 10.2. The molecule has 1 amide bonds. The highest BCUT2D eigenvalue weighted by molar-refractivity contribution is 7.91. The van der Waals surface area contributed by atoms with Crippen LogP contribution in [0.4, 0.5) is 0 Å². The molecule has 2 rings (SSSR count). The fraction of sp³-hybridized carbons (Fsp3) is 0.316. The highest BCUT2D eigenvalue weighted by Gasteiger charge is 2.26. The van der Waals surface area contributed by atoms with Crippen LogP contribution in [0.3, 0.4) is 0 Å². The minimum Gasteiger partial charge on any atom is -0.451 e. The Balaban J connectivity index is 2.13. The molecule has 1 aromatic carbocycles. The number of rotatable bonds is 8. The maximum Gasteiger partial charge on any atom is 0.340 e. The van der Waals surface area contributed by atoms with Crippen LogP contribution < -0.4 is 5.32 Å². The molecule has 1 N–H and O–H groups in total. The summed E-state index contributed by atoms with van der Waals surface area (Å²) in [6.07, 6.45) is -1.09. The molecule has 1 atom stereocenters. The second kappa shape index (κ2) is 9.11. The van der Waals surface area contributed by atoms with Gasteiger partial charge in [-0.2, -0.15) is 0 Å². The lowest BCUT2D eigenvalue weighted by Crippen LogP contribution is -2.25. The summed E-state index contributed by atoms with van der Waals surface area (Å²) >= 11 is 1.19. The fourth-order valence-electron chi connectivity index (χ4n) is 2.36. The summed E-state index contributed by atoms with van der Waals surface area (Å²) in [4.78, 5) is 37.0. The van der Waals surface area contributed by atoms with Gasteiger partial charge in [-0.1, -0.05) is 19.1 Å². The highest BCUT2D eigenvalue weighted by Crippen LogP contribution is 2.21. The zero-order valence-corrected chi connectivity index (χ0v) is 17.4. The Morgan fingerprint density at radius 2 is 1.82 bits per heavy atom. The van der Waals surface area contributed by atoms with Crippen molar-refractivity contribution in [1.82, 2.24) is 5.32 Å². The summed E-state index contributed by atoms with van der Waals surface area (Å²) in [5.74, 6) is -1.60. The van der Waals surface area contributed by atoms with Gasteiger partial charge in [-0.15, -0.1) is 11.3 Å². The second-order valence-electron chi connectivity index (χ2n) is 5.99. The molecule has 0 aliphatic heterocycles. The average molecular weight is 424 g/mol. The van der Waals surface area contributed by atoms with Gasteiger partial charge in [0, 0.05) is 11.8 Å². The van der Waals surface area contributed by atoms with E-state index in [4.69, 9.17) is 4.74 Å². The Morgan fingerprint density at radius 1 is 1.14 bits per heavy atom. The molecule has 150 valence electrons. The topological polar surface area (TPSA) is 107 Å². The van der Waals surface area contributed by atoms with Crippen LogP contribution in [0.15, 0.2) is 41.3 Å². The van der Waals surface area contributed by atoms with Gasteiger partial charge in [0.2, 0.25) is 11.7 Å². The standard InChI is InChI=1S/C19H21NO6S2/c1-4-28(24,25)17-8-6-5-7-15(17)19(23)26-12(2)18(22)16-10-9-14(27-16)11-20-13(3)21/h5-10,12H,4,11H2,1-3H3,(H,20,21). The predicted octanol–water partition coefficient (Wildman–Crippen LogP) is 2.61. The van der Waals surface area contributed by atoms with Crippen LogP contribution in [0.2, 0.25) is 0 Å². The van der Waals surface area contributed by atoms with Crippen molar-refractivity contribution >= 4 is 38.8 Å². The van der Waals surface area contributed by atoms with E-state index < -0.39 is 27.7 Å². The van der Waals surface area contributed by atoms with Crippen molar-refractivity contribution in [2.45, 2.75) is 38.3 Å². The molecule has 0 bridgehead atoms. The van der Waals surface area contributed by atoms with Gasteiger partial charge in [-0.25, -0.2) is 13.2 Å². The zero-order valence-electron chi connectivity index (χ0n) is 15.7. The van der Waals surface area contributed by atoms with Gasteiger partial charge in [0.25, 0.3) is 0 Å². The van der Waals surface area contributed by atoms with E-state index in [1.165, 1.54) is 56.4 Å². The Labute approximate surface area is 167 Å². The molecule has 2 aromatic rings. The van der Waals surface area contributed by atoms with Crippen molar-refractivity contribution < 1.29 is 27.5 Å². The summed E-state index contributed by atoms with van der Waals surface area (Å²) in [7, 11) is -3.61. The van der Waals surface area contributed by atoms with Crippen molar-refractivity contribution in [1.29, 1.82) is 0 Å². The van der Waals surface area contributed by atoms with Crippen LogP contribution in [-0.2, 0) is 25.9 Å². The smallest absolute Gasteiger partial charge is 0.340 e. The first-order valence-corrected chi connectivity index (χ1v) is 11.0. The molecular weight excluding hydrogens is 402 g/mol. The zero-order chi connectivity index (χ0) is 20.9. The minimum absolute atomic E-state index is 0.0958. The Hall–Kier alpha value is -2.52. The first-order valence-electron chi connectivity index (χ1n) is 8.55. The van der Waals surface area contributed by atoms with Gasteiger partial charge >= 0.3 is 5.97 Å². The number of esters is 1. The number of nitrogens with one attached hydrogen (secondary N) is 1. The molecule has 0 aliphatic carbocycles. The maximum atomic E-state index is 12.5. The molecule has 1 unspecified atom stereocenters. The summed E-state index contributed by atoms with van der Waals surface area (Å²) in [6.45, 7) is 4.63. The number of hydrogen-bond acceptors (Lipinski definition) is 7. The Kier molecular flexibility index (Phi) is 7.09. The number of benzene rings is 1. The number of ketones is 1. The molecule has 1 aromatic heterocycles. The normalized spacial score (nSPS) is 12.2. The number of carbonyl (C=O) groups is 3. The summed E-state index contributed by atoms with van der Waals surface area (Å²) in [5, 5.41) is 2.64. The molecular formula is C19H21NO6S2. The number of thiophene rings is 1. The highest BCUT2D eigenvalue weighted by atomic mass is 32.2. The third-order valence-electron chi connectivity index (χ3n) is 3.89. The van der Waals surface area contributed by atoms with E-state index in [-0.39, 0.29) is 22.1 Å². The van der Waals surface area contributed by atoms with E-state index in [0.29, 0.717) is 11.4 Å². The largest absolute Gasteiger partial charge is 0.451 e. The van der Waals surface area contributed by atoms with E-state index >= 15 is 0 Å². The lowest BCUT2D eigenvalue weighted by Gasteiger charge is -2.13. The second-order valence-corrected chi connectivity index (χ2v) is 9.40. The van der Waals surface area contributed by atoms with Crippen molar-refractivity contribution in [3.8, 4) is 0 Å². The van der Waals surface area contributed by atoms with E-state index in [0.717, 1.165) is 4.88 Å². The first kappa shape index (κ1) is 21.8. The number of amides is 1. The van der Waals surface area contributed by atoms with Crippen LogP contribution in [-0.4, -0.2) is 37.9 Å². The van der Waals surface area contributed by atoms with Gasteiger partial charge in [0.15, 0.2) is 15.9 Å². The van der Waals surface area contributed by atoms with Gasteiger partial charge in [0.1, 0.15) is 0 Å². The van der Waals surface area contributed by atoms with Crippen LogP contribution >= 0.6 is 11.3 Å². The van der Waals surface area contributed by atoms with E-state index in [9.17, 15) is 22.8 Å². The molecule has 0 spiro atoms. The molecule has 1 heterocycles. The molecule has 0 saturated carbocycles. The molecule has 28 heavy (non-hydrogen) atoms. The van der Waals surface area contributed by atoms with Crippen molar-refractivity contribution in [2.75, 3.05) is 5.75 Å². The molecule has 9 heteroatoms. The number of ether oxygens (including phenoxy) is 1. The number of carbonyl (C=O) groups excluding carboxylic acids is 3. The quantitative estimate of drug-likeness (QED) is 0.517. The molecule has 0 saturated heterocycles. The van der Waals surface area contributed by atoms with Gasteiger partial charge < -0.3 is 10.1 Å². The van der Waals surface area contributed by atoms with E-state index in [2.05, 4.69) is 5.32 Å². The van der Waals surface area contributed by atoms with Crippen molar-refractivity contribution in [3.05, 3.63) is 51.7 Å². The van der Waals surface area contributed by atoms with Gasteiger partial charge in [0.05, 0.1) is 27.6 Å². The Morgan fingerprint density at radius 3 is 2.46 bits per heavy atom. The third-order valence-corrected chi connectivity index (χ3v) is 6.78. The monoisotopic (exact) mass is 423 g/mol. The van der Waals surface area contributed by atoms with Gasteiger partial charge in [-0.3, -0.25) is 9.59 Å².